The molecule has 2 heterocycles. The van der Waals surface area contributed by atoms with Gasteiger partial charge in [-0.1, -0.05) is 32.0 Å². The van der Waals surface area contributed by atoms with E-state index in [0.29, 0.717) is 6.54 Å². The topological polar surface area (TPSA) is 58.4 Å². The van der Waals surface area contributed by atoms with Gasteiger partial charge in [0.25, 0.3) is 0 Å². The van der Waals surface area contributed by atoms with E-state index in [1.807, 2.05) is 18.5 Å². The lowest BCUT2D eigenvalue weighted by atomic mass is 10.0. The number of nitrogens with zero attached hydrogens (tertiary/aromatic N) is 3. The SMILES string of the molecule is CCc1cccc(CC)c1-n1nc2c(c1I)CN(C(=O)O)C2(C)C. The van der Waals surface area contributed by atoms with Gasteiger partial charge in [-0.3, -0.25) is 4.90 Å². The first kappa shape index (κ1) is 17.3. The minimum Gasteiger partial charge on any atom is -0.465 e. The van der Waals surface area contributed by atoms with Gasteiger partial charge in [-0.15, -0.1) is 0 Å². The number of aryl methyl sites for hydroxylation is 2. The summed E-state index contributed by atoms with van der Waals surface area (Å²) in [5.74, 6) is 0. The number of rotatable bonds is 3. The third-order valence-corrected chi connectivity index (χ3v) is 6.01. The summed E-state index contributed by atoms with van der Waals surface area (Å²) >= 11 is 2.30. The van der Waals surface area contributed by atoms with Gasteiger partial charge in [-0.05, 0) is 60.4 Å². The molecule has 3 rings (SSSR count). The molecule has 24 heavy (non-hydrogen) atoms. The van der Waals surface area contributed by atoms with Gasteiger partial charge < -0.3 is 5.11 Å². The predicted octanol–water partition coefficient (Wildman–Crippen LogP) is 4.33. The van der Waals surface area contributed by atoms with Crippen LogP contribution in [0, 0.1) is 3.70 Å². The fourth-order valence-electron chi connectivity index (χ4n) is 3.49. The van der Waals surface area contributed by atoms with Crippen LogP contribution in [0.2, 0.25) is 0 Å². The first-order chi connectivity index (χ1) is 11.3. The fraction of sp³-hybridized carbons (Fsp3) is 0.444. The van der Waals surface area contributed by atoms with Gasteiger partial charge in [0.1, 0.15) is 3.70 Å². The molecule has 0 unspecified atom stereocenters. The first-order valence-corrected chi connectivity index (χ1v) is 9.30. The summed E-state index contributed by atoms with van der Waals surface area (Å²) in [5, 5.41) is 14.3. The Bertz CT molecular complexity index is 789. The highest BCUT2D eigenvalue weighted by Crippen LogP contribution is 2.41. The van der Waals surface area contributed by atoms with Crippen molar-refractivity contribution in [2.75, 3.05) is 0 Å². The van der Waals surface area contributed by atoms with Crippen molar-refractivity contribution in [3.05, 3.63) is 44.3 Å². The average molecular weight is 439 g/mol. The number of hydrogen-bond donors (Lipinski definition) is 1. The molecule has 5 nitrogen and oxygen atoms in total. The third kappa shape index (κ3) is 2.42. The van der Waals surface area contributed by atoms with Crippen LogP contribution < -0.4 is 0 Å². The van der Waals surface area contributed by atoms with Crippen LogP contribution >= 0.6 is 22.6 Å². The number of fused-ring (bicyclic) bond motifs is 1. The van der Waals surface area contributed by atoms with Gasteiger partial charge in [0, 0.05) is 5.56 Å². The molecule has 0 atom stereocenters. The fourth-order valence-corrected chi connectivity index (χ4v) is 4.26. The van der Waals surface area contributed by atoms with Gasteiger partial charge in [0.05, 0.1) is 23.5 Å². The molecule has 1 aliphatic heterocycles. The summed E-state index contributed by atoms with van der Waals surface area (Å²) in [4.78, 5) is 13.0. The molecule has 0 fully saturated rings. The smallest absolute Gasteiger partial charge is 0.408 e. The minimum absolute atomic E-state index is 0.395. The van der Waals surface area contributed by atoms with Crippen LogP contribution in [0.4, 0.5) is 4.79 Å². The van der Waals surface area contributed by atoms with Crippen molar-refractivity contribution in [1.29, 1.82) is 0 Å². The van der Waals surface area contributed by atoms with E-state index in [0.717, 1.165) is 33.5 Å². The Morgan fingerprint density at radius 2 is 1.88 bits per heavy atom. The molecule has 1 aliphatic rings. The van der Waals surface area contributed by atoms with E-state index in [9.17, 15) is 9.90 Å². The summed E-state index contributed by atoms with van der Waals surface area (Å²) < 4.78 is 3.03. The lowest BCUT2D eigenvalue weighted by Crippen LogP contribution is -2.40. The normalized spacial score (nSPS) is 15.6. The number of halogens is 1. The number of carbonyl (C=O) groups is 1. The summed E-state index contributed by atoms with van der Waals surface area (Å²) in [5.41, 5.74) is 4.96. The quantitative estimate of drug-likeness (QED) is 0.725. The molecule has 0 radical (unpaired) electrons. The number of para-hydroxylation sites is 1. The second-order valence-electron chi connectivity index (χ2n) is 6.59. The Morgan fingerprint density at radius 1 is 1.29 bits per heavy atom. The van der Waals surface area contributed by atoms with Crippen molar-refractivity contribution < 1.29 is 9.90 Å². The van der Waals surface area contributed by atoms with Crippen LogP contribution in [0.5, 0.6) is 0 Å². The Morgan fingerprint density at radius 3 is 2.33 bits per heavy atom. The zero-order valence-corrected chi connectivity index (χ0v) is 16.6. The molecule has 0 spiro atoms. The summed E-state index contributed by atoms with van der Waals surface area (Å²) in [6.45, 7) is 8.54. The number of benzene rings is 1. The van der Waals surface area contributed by atoms with E-state index >= 15 is 0 Å². The molecular weight excluding hydrogens is 417 g/mol. The van der Waals surface area contributed by atoms with Gasteiger partial charge in [-0.2, -0.15) is 5.10 Å². The zero-order valence-electron chi connectivity index (χ0n) is 14.4. The van der Waals surface area contributed by atoms with Crippen LogP contribution in [0.15, 0.2) is 18.2 Å². The number of carboxylic acid groups (broad SMARTS) is 1. The summed E-state index contributed by atoms with van der Waals surface area (Å²) in [6.07, 6.45) is 0.978. The number of aromatic nitrogens is 2. The lowest BCUT2D eigenvalue weighted by Gasteiger charge is -2.29. The Kier molecular flexibility index (Phi) is 4.36. The average Bonchev–Trinajstić information content (AvgIpc) is 3.01. The predicted molar refractivity (Wildman–Crippen MR) is 102 cm³/mol. The highest BCUT2D eigenvalue weighted by Gasteiger charge is 2.45. The molecular formula is C18H22IN3O2. The molecule has 1 aromatic heterocycles. The zero-order chi connectivity index (χ0) is 17.6. The standard InChI is InChI=1S/C18H22IN3O2/c1-5-11-8-7-9-12(6-2)14(11)22-16(19)13-10-21(17(23)24)18(3,4)15(13)20-22/h7-9H,5-6,10H2,1-4H3,(H,23,24). The van der Waals surface area contributed by atoms with Gasteiger partial charge >= 0.3 is 6.09 Å². The third-order valence-electron chi connectivity index (χ3n) is 4.90. The van der Waals surface area contributed by atoms with Crippen molar-refractivity contribution in [2.24, 2.45) is 0 Å². The number of amides is 1. The molecule has 0 saturated carbocycles. The van der Waals surface area contributed by atoms with Gasteiger partial charge in [0.15, 0.2) is 0 Å². The first-order valence-electron chi connectivity index (χ1n) is 8.22. The van der Waals surface area contributed by atoms with Crippen LogP contribution in [-0.4, -0.2) is 25.9 Å². The molecule has 1 aromatic carbocycles. The van der Waals surface area contributed by atoms with E-state index in [-0.39, 0.29) is 0 Å². The monoisotopic (exact) mass is 439 g/mol. The lowest BCUT2D eigenvalue weighted by molar-refractivity contribution is 0.0973. The molecule has 6 heteroatoms. The van der Waals surface area contributed by atoms with E-state index < -0.39 is 11.6 Å². The Labute approximate surface area is 155 Å². The van der Waals surface area contributed by atoms with Crippen molar-refractivity contribution >= 4 is 28.7 Å². The van der Waals surface area contributed by atoms with Crippen molar-refractivity contribution in [1.82, 2.24) is 14.7 Å². The van der Waals surface area contributed by atoms with E-state index in [1.165, 1.54) is 16.0 Å². The molecule has 1 amide bonds. The highest BCUT2D eigenvalue weighted by atomic mass is 127. The van der Waals surface area contributed by atoms with Gasteiger partial charge in [-0.25, -0.2) is 9.48 Å². The van der Waals surface area contributed by atoms with Gasteiger partial charge in [0.2, 0.25) is 0 Å². The molecule has 0 bridgehead atoms. The minimum atomic E-state index is -0.899. The number of hydrogen-bond acceptors (Lipinski definition) is 2. The molecule has 0 aliphatic carbocycles. The summed E-state index contributed by atoms with van der Waals surface area (Å²) in [6, 6.07) is 6.39. The van der Waals surface area contributed by atoms with Crippen LogP contribution in [0.1, 0.15) is 50.1 Å². The molecule has 128 valence electrons. The summed E-state index contributed by atoms with van der Waals surface area (Å²) in [7, 11) is 0. The maximum Gasteiger partial charge on any atom is 0.408 e. The van der Waals surface area contributed by atoms with E-state index in [2.05, 4.69) is 54.6 Å². The Balaban J connectivity index is 2.20. The Hall–Kier alpha value is -1.57. The molecule has 2 aromatic rings. The maximum absolute atomic E-state index is 11.5. The van der Waals surface area contributed by atoms with E-state index in [1.54, 1.807) is 0 Å². The second kappa shape index (κ2) is 6.06. The largest absolute Gasteiger partial charge is 0.465 e. The second-order valence-corrected chi connectivity index (χ2v) is 7.61. The van der Waals surface area contributed by atoms with Crippen LogP contribution in [0.3, 0.4) is 0 Å². The molecule has 0 saturated heterocycles. The van der Waals surface area contributed by atoms with Crippen LogP contribution in [-0.2, 0) is 24.9 Å². The van der Waals surface area contributed by atoms with Crippen molar-refractivity contribution in [3.63, 3.8) is 0 Å². The van der Waals surface area contributed by atoms with Crippen molar-refractivity contribution in [2.45, 2.75) is 52.6 Å². The van der Waals surface area contributed by atoms with Crippen molar-refractivity contribution in [3.8, 4) is 5.69 Å². The highest BCUT2D eigenvalue weighted by molar-refractivity contribution is 14.1. The maximum atomic E-state index is 11.5. The molecule has 1 N–H and O–H groups in total. The van der Waals surface area contributed by atoms with E-state index in [4.69, 9.17) is 5.10 Å². The van der Waals surface area contributed by atoms with Crippen LogP contribution in [0.25, 0.3) is 5.69 Å².